The highest BCUT2D eigenvalue weighted by Gasteiger charge is 2.42. The quantitative estimate of drug-likeness (QED) is 0.484. The molecular formula is C22H27F6N3O6. The minimum Gasteiger partial charge on any atom is -0.475 e. The van der Waals surface area contributed by atoms with E-state index < -0.39 is 24.3 Å². The molecular weight excluding hydrogens is 516 g/mol. The molecule has 2 aliphatic heterocycles. The van der Waals surface area contributed by atoms with E-state index in [0.717, 1.165) is 44.9 Å². The molecule has 3 N–H and O–H groups in total. The van der Waals surface area contributed by atoms with E-state index in [1.54, 1.807) is 0 Å². The maximum Gasteiger partial charge on any atom is 0.490 e. The molecule has 208 valence electrons. The Hall–Kier alpha value is -2.94. The number of nitrogens with one attached hydrogen (secondary N) is 1. The van der Waals surface area contributed by atoms with Crippen LogP contribution in [0.5, 0.6) is 0 Å². The zero-order chi connectivity index (χ0) is 27.8. The number of likely N-dealkylation sites (tertiary alicyclic amines) is 1. The van der Waals surface area contributed by atoms with Gasteiger partial charge >= 0.3 is 24.3 Å². The first kappa shape index (κ1) is 30.3. The van der Waals surface area contributed by atoms with Crippen molar-refractivity contribution in [1.29, 1.82) is 0 Å². The number of piperidine rings is 1. The van der Waals surface area contributed by atoms with Crippen LogP contribution in [-0.4, -0.2) is 82.1 Å². The second-order valence-corrected chi connectivity index (χ2v) is 8.83. The number of rotatable bonds is 5. The van der Waals surface area contributed by atoms with Gasteiger partial charge in [-0.15, -0.1) is 0 Å². The number of pyridine rings is 1. The van der Waals surface area contributed by atoms with E-state index in [1.165, 1.54) is 18.4 Å². The lowest BCUT2D eigenvalue weighted by atomic mass is 9.91. The van der Waals surface area contributed by atoms with E-state index in [0.29, 0.717) is 5.92 Å². The number of carboxylic acid groups (broad SMARTS) is 2. The summed E-state index contributed by atoms with van der Waals surface area (Å²) in [6.07, 6.45) is -1.95. The summed E-state index contributed by atoms with van der Waals surface area (Å²) in [7, 11) is 0. The fourth-order valence-corrected chi connectivity index (χ4v) is 3.73. The van der Waals surface area contributed by atoms with Gasteiger partial charge < -0.3 is 20.3 Å². The average molecular weight is 543 g/mol. The Balaban J connectivity index is 0.000000286. The molecule has 1 aromatic heterocycles. The lowest BCUT2D eigenvalue weighted by Gasteiger charge is -2.34. The Bertz CT molecular complexity index is 886. The Morgan fingerprint density at radius 3 is 2.03 bits per heavy atom. The van der Waals surface area contributed by atoms with Gasteiger partial charge in [-0.2, -0.15) is 26.3 Å². The number of nitrogens with zero attached hydrogens (tertiary/aromatic N) is 2. The van der Waals surface area contributed by atoms with Crippen molar-refractivity contribution in [1.82, 2.24) is 15.2 Å². The minimum atomic E-state index is -5.08. The molecule has 3 fully saturated rings. The largest absolute Gasteiger partial charge is 0.490 e. The normalized spacial score (nSPS) is 23.5. The van der Waals surface area contributed by atoms with E-state index in [1.807, 2.05) is 12.4 Å². The van der Waals surface area contributed by atoms with Crippen LogP contribution in [0.25, 0.3) is 0 Å². The van der Waals surface area contributed by atoms with Crippen LogP contribution in [0.15, 0.2) is 24.5 Å². The fraction of sp³-hybridized carbons (Fsp3) is 0.636. The van der Waals surface area contributed by atoms with E-state index >= 15 is 0 Å². The second-order valence-electron chi connectivity index (χ2n) is 8.83. The third kappa shape index (κ3) is 10.9. The number of carbonyl (C=O) groups is 3. The summed E-state index contributed by atoms with van der Waals surface area (Å²) in [5, 5.41) is 17.3. The minimum absolute atomic E-state index is 0.104. The lowest BCUT2D eigenvalue weighted by Crippen LogP contribution is -2.42. The number of carbonyl (C=O) groups excluding carboxylic acids is 1. The molecule has 0 aromatic carbocycles. The summed E-state index contributed by atoms with van der Waals surface area (Å²) in [5.41, 5.74) is 1.29. The van der Waals surface area contributed by atoms with Crippen molar-refractivity contribution in [3.8, 4) is 0 Å². The van der Waals surface area contributed by atoms with Crippen LogP contribution in [0.1, 0.15) is 31.2 Å². The van der Waals surface area contributed by atoms with E-state index in [-0.39, 0.29) is 18.1 Å². The number of aliphatic carboxylic acids is 2. The highest BCUT2D eigenvalue weighted by Crippen LogP contribution is 2.34. The van der Waals surface area contributed by atoms with Gasteiger partial charge in [0.15, 0.2) is 0 Å². The summed E-state index contributed by atoms with van der Waals surface area (Å²) < 4.78 is 69.6. The molecule has 9 nitrogen and oxygen atoms in total. The number of hydrogen-bond donors (Lipinski definition) is 3. The predicted octanol–water partition coefficient (Wildman–Crippen LogP) is 2.85. The van der Waals surface area contributed by atoms with Crippen molar-refractivity contribution < 1.29 is 55.7 Å². The zero-order valence-electron chi connectivity index (χ0n) is 19.5. The van der Waals surface area contributed by atoms with Gasteiger partial charge in [0, 0.05) is 32.0 Å². The van der Waals surface area contributed by atoms with Crippen LogP contribution in [0.3, 0.4) is 0 Å². The Labute approximate surface area is 207 Å². The van der Waals surface area contributed by atoms with Gasteiger partial charge in [0.05, 0.1) is 6.10 Å². The second kappa shape index (κ2) is 13.0. The smallest absolute Gasteiger partial charge is 0.475 e. The molecule has 2 saturated heterocycles. The molecule has 0 unspecified atom stereocenters. The summed E-state index contributed by atoms with van der Waals surface area (Å²) >= 11 is 0. The topological polar surface area (TPSA) is 129 Å². The zero-order valence-corrected chi connectivity index (χ0v) is 19.5. The standard InChI is InChI=1S/C18H25N3O2.2C2HF3O2/c22-18(20-10-13-1-2-13)16-9-15-5-8-21(12-17(15)23-16)11-14-3-6-19-7-4-14;2*3-2(4,5)1(6)7/h3-4,6-7,13,15-17H,1-2,5,8-12H2,(H,20,22);2*(H,6,7)/t15-,16-,17+;;/m0../s1. The van der Waals surface area contributed by atoms with Crippen LogP contribution in [0.2, 0.25) is 0 Å². The van der Waals surface area contributed by atoms with Crippen molar-refractivity contribution in [3.05, 3.63) is 30.1 Å². The SMILES string of the molecule is O=C(NCC1CC1)[C@@H]1C[C@@H]2CCN(Cc3ccncc3)C[C@H]2O1.O=C(O)C(F)(F)F.O=C(O)C(F)(F)F. The molecule has 0 bridgehead atoms. The Morgan fingerprint density at radius 1 is 1.00 bits per heavy atom. The first-order chi connectivity index (χ1) is 17.2. The number of hydrogen-bond acceptors (Lipinski definition) is 6. The van der Waals surface area contributed by atoms with Crippen LogP contribution < -0.4 is 5.32 Å². The monoisotopic (exact) mass is 543 g/mol. The lowest BCUT2D eigenvalue weighted by molar-refractivity contribution is -0.193. The fourth-order valence-electron chi connectivity index (χ4n) is 3.73. The number of ether oxygens (including phenoxy) is 1. The molecule has 0 spiro atoms. The molecule has 3 heterocycles. The van der Waals surface area contributed by atoms with Crippen molar-refractivity contribution in [2.75, 3.05) is 19.6 Å². The van der Waals surface area contributed by atoms with Gasteiger partial charge in [0.25, 0.3) is 0 Å². The first-order valence-electron chi connectivity index (χ1n) is 11.3. The van der Waals surface area contributed by atoms with Crippen molar-refractivity contribution in [2.45, 2.75) is 56.8 Å². The Kier molecular flexibility index (Phi) is 10.7. The van der Waals surface area contributed by atoms with Crippen molar-refractivity contribution in [3.63, 3.8) is 0 Å². The highest BCUT2D eigenvalue weighted by molar-refractivity contribution is 5.81. The summed E-state index contributed by atoms with van der Waals surface area (Å²) in [6, 6.07) is 4.13. The summed E-state index contributed by atoms with van der Waals surface area (Å²) in [5.74, 6) is -4.15. The van der Waals surface area contributed by atoms with Crippen molar-refractivity contribution >= 4 is 17.8 Å². The van der Waals surface area contributed by atoms with Crippen molar-refractivity contribution in [2.24, 2.45) is 11.8 Å². The maximum absolute atomic E-state index is 12.2. The van der Waals surface area contributed by atoms with E-state index in [9.17, 15) is 31.1 Å². The highest BCUT2D eigenvalue weighted by atomic mass is 19.4. The number of halogens is 6. The van der Waals surface area contributed by atoms with Crippen LogP contribution >= 0.6 is 0 Å². The Morgan fingerprint density at radius 2 is 1.54 bits per heavy atom. The van der Waals surface area contributed by atoms with E-state index in [4.69, 9.17) is 24.5 Å². The molecule has 15 heteroatoms. The van der Waals surface area contributed by atoms with E-state index in [2.05, 4.69) is 27.3 Å². The van der Waals surface area contributed by atoms with Gasteiger partial charge in [-0.1, -0.05) is 0 Å². The first-order valence-corrected chi connectivity index (χ1v) is 11.3. The number of alkyl halides is 6. The molecule has 1 amide bonds. The number of aromatic nitrogens is 1. The summed E-state index contributed by atoms with van der Waals surface area (Å²) in [6.45, 7) is 3.79. The number of fused-ring (bicyclic) bond motifs is 1. The van der Waals surface area contributed by atoms with Crippen LogP contribution in [0.4, 0.5) is 26.3 Å². The van der Waals surface area contributed by atoms with Gasteiger partial charge in [-0.25, -0.2) is 9.59 Å². The van der Waals surface area contributed by atoms with Gasteiger partial charge in [0.1, 0.15) is 6.10 Å². The molecule has 0 radical (unpaired) electrons. The maximum atomic E-state index is 12.2. The summed E-state index contributed by atoms with van der Waals surface area (Å²) in [4.78, 5) is 36.5. The molecule has 3 aliphatic rings. The molecule has 37 heavy (non-hydrogen) atoms. The number of carboxylic acids is 2. The van der Waals surface area contributed by atoms with Gasteiger partial charge in [-0.05, 0) is 61.8 Å². The van der Waals surface area contributed by atoms with Crippen LogP contribution in [-0.2, 0) is 25.7 Å². The van der Waals surface area contributed by atoms with Gasteiger partial charge in [0.2, 0.25) is 5.91 Å². The molecule has 3 atom stereocenters. The average Bonchev–Trinajstić information content (AvgIpc) is 3.54. The third-order valence-electron chi connectivity index (χ3n) is 5.83. The van der Waals surface area contributed by atoms with Gasteiger partial charge in [-0.3, -0.25) is 14.7 Å². The molecule has 4 rings (SSSR count). The number of amides is 1. The van der Waals surface area contributed by atoms with Crippen LogP contribution in [0, 0.1) is 11.8 Å². The third-order valence-corrected chi connectivity index (χ3v) is 5.83. The molecule has 1 saturated carbocycles. The molecule has 1 aliphatic carbocycles. The predicted molar refractivity (Wildman–Crippen MR) is 114 cm³/mol. The molecule has 1 aromatic rings.